The minimum absolute atomic E-state index is 0.153. The van der Waals surface area contributed by atoms with Gasteiger partial charge >= 0.3 is 0 Å². The molecule has 2 heterocycles. The van der Waals surface area contributed by atoms with Crippen LogP contribution >= 0.6 is 0 Å². The third-order valence-electron chi connectivity index (χ3n) is 3.46. The Morgan fingerprint density at radius 1 is 1.48 bits per heavy atom. The van der Waals surface area contributed by atoms with Gasteiger partial charge in [-0.05, 0) is 32.9 Å². The van der Waals surface area contributed by atoms with E-state index in [2.05, 4.69) is 10.3 Å². The van der Waals surface area contributed by atoms with E-state index in [0.29, 0.717) is 23.4 Å². The van der Waals surface area contributed by atoms with E-state index in [1.807, 2.05) is 19.1 Å². The maximum absolute atomic E-state index is 11.1. The summed E-state index contributed by atoms with van der Waals surface area (Å²) in [6, 6.07) is 3.98. The molecule has 6 nitrogen and oxygen atoms in total. The Bertz CT molecular complexity index is 623. The average Bonchev–Trinajstić information content (AvgIpc) is 2.90. The minimum atomic E-state index is -0.345. The summed E-state index contributed by atoms with van der Waals surface area (Å²) >= 11 is 0. The molecule has 112 valence electrons. The normalized spacial score (nSPS) is 12.3. The molecule has 2 aromatic rings. The number of furan rings is 1. The quantitative estimate of drug-likeness (QED) is 0.653. The molecule has 21 heavy (non-hydrogen) atoms. The molecule has 0 amide bonds. The first-order valence-corrected chi connectivity index (χ1v) is 6.84. The largest absolute Gasteiger partial charge is 0.469 e. The second kappa shape index (κ2) is 6.49. The number of aryl methyl sites for hydroxylation is 1. The molecule has 1 unspecified atom stereocenters. The number of aromatic nitrogens is 1. The van der Waals surface area contributed by atoms with E-state index in [1.165, 1.54) is 0 Å². The summed E-state index contributed by atoms with van der Waals surface area (Å²) < 4.78 is 5.30. The van der Waals surface area contributed by atoms with Gasteiger partial charge in [-0.1, -0.05) is 0 Å². The average molecular weight is 289 g/mol. The van der Waals surface area contributed by atoms with Crippen molar-refractivity contribution in [2.45, 2.75) is 39.8 Å². The molecule has 0 spiro atoms. The summed E-state index contributed by atoms with van der Waals surface area (Å²) in [5.41, 5.74) is 2.07. The molecule has 0 saturated carbocycles. The van der Waals surface area contributed by atoms with Crippen LogP contribution in [0.25, 0.3) is 0 Å². The molecule has 0 fully saturated rings. The van der Waals surface area contributed by atoms with Crippen molar-refractivity contribution in [3.8, 4) is 0 Å². The number of hydrogen-bond acceptors (Lipinski definition) is 5. The standard InChI is InChI=1S/C15H19N3O3/c1-10-8-17-14(12(3)15(10)18(19)20)9-16-11(2)7-13-5-4-6-21-13/h4-6,8,11,16H,7,9H2,1-3H3. The molecule has 0 aliphatic carbocycles. The zero-order chi connectivity index (χ0) is 15.4. The number of hydrogen-bond donors (Lipinski definition) is 1. The molecule has 2 rings (SSSR count). The lowest BCUT2D eigenvalue weighted by molar-refractivity contribution is -0.386. The molecule has 0 radical (unpaired) electrons. The summed E-state index contributed by atoms with van der Waals surface area (Å²) in [7, 11) is 0. The fourth-order valence-electron chi connectivity index (χ4n) is 2.30. The molecule has 6 heteroatoms. The van der Waals surface area contributed by atoms with E-state index in [1.54, 1.807) is 26.3 Å². The minimum Gasteiger partial charge on any atom is -0.469 e. The fourth-order valence-corrected chi connectivity index (χ4v) is 2.30. The van der Waals surface area contributed by atoms with Crippen LogP contribution in [0, 0.1) is 24.0 Å². The van der Waals surface area contributed by atoms with Crippen molar-refractivity contribution < 1.29 is 9.34 Å². The number of nitrogens with zero attached hydrogens (tertiary/aromatic N) is 2. The highest BCUT2D eigenvalue weighted by Crippen LogP contribution is 2.23. The van der Waals surface area contributed by atoms with E-state index in [0.717, 1.165) is 12.2 Å². The Hall–Kier alpha value is -2.21. The monoisotopic (exact) mass is 289 g/mol. The Labute approximate surface area is 123 Å². The molecular formula is C15H19N3O3. The van der Waals surface area contributed by atoms with Crippen LogP contribution in [0.5, 0.6) is 0 Å². The van der Waals surface area contributed by atoms with Gasteiger partial charge in [0.25, 0.3) is 5.69 Å². The first kappa shape index (κ1) is 15.2. The summed E-state index contributed by atoms with van der Waals surface area (Å²) in [4.78, 5) is 15.0. The van der Waals surface area contributed by atoms with Crippen LogP contribution in [0.15, 0.2) is 29.0 Å². The fraction of sp³-hybridized carbons (Fsp3) is 0.400. The number of rotatable bonds is 6. The van der Waals surface area contributed by atoms with Gasteiger partial charge in [0, 0.05) is 36.3 Å². The number of pyridine rings is 1. The molecule has 0 aliphatic rings. The van der Waals surface area contributed by atoms with Gasteiger partial charge in [0.1, 0.15) is 5.76 Å². The van der Waals surface area contributed by atoms with Gasteiger partial charge < -0.3 is 9.73 Å². The zero-order valence-corrected chi connectivity index (χ0v) is 12.4. The van der Waals surface area contributed by atoms with Crippen LogP contribution in [0.4, 0.5) is 5.69 Å². The maximum atomic E-state index is 11.1. The van der Waals surface area contributed by atoms with Gasteiger partial charge in [-0.15, -0.1) is 0 Å². The van der Waals surface area contributed by atoms with Crippen molar-refractivity contribution in [1.29, 1.82) is 0 Å². The highest BCUT2D eigenvalue weighted by atomic mass is 16.6. The van der Waals surface area contributed by atoms with Gasteiger partial charge in [0.15, 0.2) is 0 Å². The van der Waals surface area contributed by atoms with E-state index in [9.17, 15) is 10.1 Å². The molecule has 1 atom stereocenters. The topological polar surface area (TPSA) is 81.2 Å². The van der Waals surface area contributed by atoms with E-state index in [4.69, 9.17) is 4.42 Å². The maximum Gasteiger partial charge on any atom is 0.278 e. The lowest BCUT2D eigenvalue weighted by Crippen LogP contribution is -2.28. The molecule has 0 saturated heterocycles. The van der Waals surface area contributed by atoms with Crippen molar-refractivity contribution in [3.05, 3.63) is 57.3 Å². The van der Waals surface area contributed by atoms with Gasteiger partial charge in [-0.3, -0.25) is 15.1 Å². The second-order valence-electron chi connectivity index (χ2n) is 5.18. The predicted molar refractivity (Wildman–Crippen MR) is 79.1 cm³/mol. The molecule has 2 aromatic heterocycles. The zero-order valence-electron chi connectivity index (χ0n) is 12.4. The molecular weight excluding hydrogens is 270 g/mol. The van der Waals surface area contributed by atoms with Gasteiger partial charge in [-0.2, -0.15) is 0 Å². The van der Waals surface area contributed by atoms with Crippen LogP contribution in [-0.2, 0) is 13.0 Å². The van der Waals surface area contributed by atoms with Crippen LogP contribution in [0.3, 0.4) is 0 Å². The Morgan fingerprint density at radius 2 is 2.24 bits per heavy atom. The first-order valence-electron chi connectivity index (χ1n) is 6.84. The van der Waals surface area contributed by atoms with Crippen LogP contribution in [0.2, 0.25) is 0 Å². The van der Waals surface area contributed by atoms with E-state index < -0.39 is 0 Å². The molecule has 0 aromatic carbocycles. The highest BCUT2D eigenvalue weighted by molar-refractivity contribution is 5.47. The Balaban J connectivity index is 2.03. The van der Waals surface area contributed by atoms with Crippen molar-refractivity contribution in [1.82, 2.24) is 10.3 Å². The van der Waals surface area contributed by atoms with E-state index >= 15 is 0 Å². The second-order valence-corrected chi connectivity index (χ2v) is 5.18. The van der Waals surface area contributed by atoms with Crippen LogP contribution in [0.1, 0.15) is 29.5 Å². The van der Waals surface area contributed by atoms with Crippen molar-refractivity contribution in [3.63, 3.8) is 0 Å². The molecule has 0 aliphatic heterocycles. The van der Waals surface area contributed by atoms with Gasteiger partial charge in [0.05, 0.1) is 16.9 Å². The van der Waals surface area contributed by atoms with Crippen LogP contribution in [-0.4, -0.2) is 15.9 Å². The number of nitrogens with one attached hydrogen (secondary N) is 1. The van der Waals surface area contributed by atoms with Crippen molar-refractivity contribution in [2.24, 2.45) is 0 Å². The third-order valence-corrected chi connectivity index (χ3v) is 3.46. The highest BCUT2D eigenvalue weighted by Gasteiger charge is 2.18. The van der Waals surface area contributed by atoms with Gasteiger partial charge in [-0.25, -0.2) is 0 Å². The summed E-state index contributed by atoms with van der Waals surface area (Å²) in [5.74, 6) is 0.912. The van der Waals surface area contributed by atoms with E-state index in [-0.39, 0.29) is 16.7 Å². The lowest BCUT2D eigenvalue weighted by Gasteiger charge is -2.13. The van der Waals surface area contributed by atoms with Crippen LogP contribution < -0.4 is 5.32 Å². The smallest absolute Gasteiger partial charge is 0.278 e. The van der Waals surface area contributed by atoms with Crippen molar-refractivity contribution >= 4 is 5.69 Å². The van der Waals surface area contributed by atoms with Gasteiger partial charge in [0.2, 0.25) is 0 Å². The molecule has 1 N–H and O–H groups in total. The SMILES string of the molecule is Cc1cnc(CNC(C)Cc2ccco2)c(C)c1[N+](=O)[O-]. The third kappa shape index (κ3) is 3.66. The number of nitro groups is 1. The summed E-state index contributed by atoms with van der Waals surface area (Å²) in [6.07, 6.45) is 3.97. The summed E-state index contributed by atoms with van der Waals surface area (Å²) in [6.45, 7) is 5.98. The van der Waals surface area contributed by atoms with Crippen molar-refractivity contribution in [2.75, 3.05) is 0 Å². The Morgan fingerprint density at radius 3 is 2.86 bits per heavy atom. The first-order chi connectivity index (χ1) is 9.99. The predicted octanol–water partition coefficient (Wildman–Crippen LogP) is 2.92. The lowest BCUT2D eigenvalue weighted by atomic mass is 10.1. The Kier molecular flexibility index (Phi) is 4.70. The summed E-state index contributed by atoms with van der Waals surface area (Å²) in [5, 5.41) is 14.4. The molecule has 0 bridgehead atoms.